The number of hydrogen-bond donors (Lipinski definition) is 0. The highest BCUT2D eigenvalue weighted by molar-refractivity contribution is 5.77. The van der Waals surface area contributed by atoms with Crippen molar-refractivity contribution in [1.29, 1.82) is 0 Å². The fraction of sp³-hybridized carbons (Fsp3) is 0.162. The zero-order valence-corrected chi connectivity index (χ0v) is 26.6. The Morgan fingerprint density at radius 1 is 0.420 bits per heavy atom. The van der Waals surface area contributed by atoms with Crippen LogP contribution in [0.5, 0.6) is 0 Å². The Balaban J connectivity index is 1.55. The molecule has 0 radical (unpaired) electrons. The topological polar surface area (TPSA) is 206 Å². The van der Waals surface area contributed by atoms with E-state index in [1.807, 2.05) is 66.7 Å². The van der Waals surface area contributed by atoms with Gasteiger partial charge in [0, 0.05) is 39.3 Å². The average Bonchev–Trinajstić information content (AvgIpc) is 3.07. The molecule has 0 atom stereocenters. The highest BCUT2D eigenvalue weighted by atomic mass is 16.4. The number of aliphatic carboxylic acids is 4. The lowest BCUT2D eigenvalue weighted by atomic mass is 9.99. The van der Waals surface area contributed by atoms with Crippen molar-refractivity contribution in [2.24, 2.45) is 0 Å². The molecule has 0 fully saturated rings. The Morgan fingerprint density at radius 3 is 1.20 bits per heavy atom. The fourth-order valence-corrected chi connectivity index (χ4v) is 5.39. The van der Waals surface area contributed by atoms with Gasteiger partial charge in [-0.2, -0.15) is 0 Å². The predicted octanol–water partition coefficient (Wildman–Crippen LogP) is -0.857. The highest BCUT2D eigenvalue weighted by Crippen LogP contribution is 2.31. The van der Waals surface area contributed by atoms with Crippen molar-refractivity contribution in [1.82, 2.24) is 24.8 Å². The van der Waals surface area contributed by atoms with E-state index >= 15 is 0 Å². The average molecular weight is 672 g/mol. The monoisotopic (exact) mass is 671 g/mol. The van der Waals surface area contributed by atoms with Crippen LogP contribution < -0.4 is 20.4 Å². The largest absolute Gasteiger partial charge is 0.549 e. The molecule has 50 heavy (non-hydrogen) atoms. The van der Waals surface area contributed by atoms with Crippen LogP contribution in [0.3, 0.4) is 0 Å². The first kappa shape index (κ1) is 35.0. The first-order valence-electron chi connectivity index (χ1n) is 15.4. The van der Waals surface area contributed by atoms with Crippen LogP contribution in [0.4, 0.5) is 0 Å². The molecule has 13 nitrogen and oxygen atoms in total. The third-order valence-corrected chi connectivity index (χ3v) is 7.47. The summed E-state index contributed by atoms with van der Waals surface area (Å²) in [6, 6.07) is 31.5. The number of rotatable bonds is 16. The van der Waals surface area contributed by atoms with Gasteiger partial charge in [0.05, 0.1) is 58.0 Å². The fourth-order valence-electron chi connectivity index (χ4n) is 5.39. The van der Waals surface area contributed by atoms with Crippen LogP contribution in [0.1, 0.15) is 11.4 Å². The quantitative estimate of drug-likeness (QED) is 0.125. The molecular weight excluding hydrogens is 642 g/mol. The minimum Gasteiger partial charge on any atom is -0.549 e. The van der Waals surface area contributed by atoms with Gasteiger partial charge >= 0.3 is 0 Å². The first-order chi connectivity index (χ1) is 24.0. The lowest BCUT2D eigenvalue weighted by molar-refractivity contribution is -0.313. The molecule has 0 N–H and O–H groups in total. The molecule has 0 aliphatic heterocycles. The SMILES string of the molecule is O=C([O-])CN(CC(=O)[O-])Cc1cccc(-c2cc(-c3ccc(-c4ccccc4)cc3)cc(-c3cccc(CN(CC(=O)[O-])CC(=O)[O-])n3)n2)n1. The van der Waals surface area contributed by atoms with Crippen molar-refractivity contribution in [2.75, 3.05) is 26.2 Å². The van der Waals surface area contributed by atoms with Crippen LogP contribution in [0.25, 0.3) is 45.0 Å². The highest BCUT2D eigenvalue weighted by Gasteiger charge is 2.15. The van der Waals surface area contributed by atoms with Crippen LogP contribution in [0, 0.1) is 0 Å². The van der Waals surface area contributed by atoms with Crippen LogP contribution >= 0.6 is 0 Å². The van der Waals surface area contributed by atoms with E-state index in [0.29, 0.717) is 34.2 Å². The molecule has 5 aromatic rings. The second-order valence-electron chi connectivity index (χ2n) is 11.4. The zero-order valence-electron chi connectivity index (χ0n) is 26.6. The van der Waals surface area contributed by atoms with Gasteiger partial charge in [-0.15, -0.1) is 0 Å². The summed E-state index contributed by atoms with van der Waals surface area (Å²) in [5, 5.41) is 44.9. The summed E-state index contributed by atoms with van der Waals surface area (Å²) in [6.07, 6.45) is 0. The van der Waals surface area contributed by atoms with Crippen LogP contribution in [0.15, 0.2) is 103 Å². The van der Waals surface area contributed by atoms with Gasteiger partial charge in [-0.3, -0.25) is 9.80 Å². The van der Waals surface area contributed by atoms with E-state index in [4.69, 9.17) is 4.98 Å². The molecule has 3 heterocycles. The summed E-state index contributed by atoms with van der Waals surface area (Å²) < 4.78 is 0. The van der Waals surface area contributed by atoms with E-state index in [0.717, 1.165) is 32.1 Å². The van der Waals surface area contributed by atoms with Gasteiger partial charge in [-0.25, -0.2) is 15.0 Å². The molecule has 13 heteroatoms. The molecule has 0 aliphatic carbocycles. The van der Waals surface area contributed by atoms with Crippen molar-refractivity contribution in [3.63, 3.8) is 0 Å². The van der Waals surface area contributed by atoms with E-state index in [1.165, 1.54) is 0 Å². The Bertz CT molecular complexity index is 1870. The van der Waals surface area contributed by atoms with E-state index in [2.05, 4.69) is 9.97 Å². The lowest BCUT2D eigenvalue weighted by Gasteiger charge is -2.23. The minimum absolute atomic E-state index is 0.110. The van der Waals surface area contributed by atoms with Gasteiger partial charge in [-0.05, 0) is 58.7 Å². The van der Waals surface area contributed by atoms with E-state index in [-0.39, 0.29) is 13.1 Å². The second-order valence-corrected chi connectivity index (χ2v) is 11.4. The molecule has 0 spiro atoms. The number of carboxylic acids is 4. The number of aromatic nitrogens is 3. The molecule has 0 amide bonds. The number of nitrogens with zero attached hydrogens (tertiary/aromatic N) is 5. The summed E-state index contributed by atoms with van der Waals surface area (Å²) in [7, 11) is 0. The van der Waals surface area contributed by atoms with Gasteiger partial charge in [0.2, 0.25) is 0 Å². The Morgan fingerprint density at radius 2 is 0.800 bits per heavy atom. The summed E-state index contributed by atoms with van der Waals surface area (Å²) in [4.78, 5) is 61.3. The molecule has 0 saturated carbocycles. The van der Waals surface area contributed by atoms with Crippen LogP contribution in [0.2, 0.25) is 0 Å². The number of benzene rings is 2. The number of hydrogen-bond acceptors (Lipinski definition) is 13. The van der Waals surface area contributed by atoms with Gasteiger partial charge in [0.25, 0.3) is 0 Å². The third-order valence-electron chi connectivity index (χ3n) is 7.47. The van der Waals surface area contributed by atoms with Crippen molar-refractivity contribution >= 4 is 23.9 Å². The predicted molar refractivity (Wildman–Crippen MR) is 172 cm³/mol. The van der Waals surface area contributed by atoms with E-state index in [1.54, 1.807) is 36.4 Å². The van der Waals surface area contributed by atoms with Gasteiger partial charge in [-0.1, -0.05) is 66.7 Å². The third kappa shape index (κ3) is 9.86. The smallest absolute Gasteiger partial charge is 0.0900 e. The number of pyridine rings is 3. The summed E-state index contributed by atoms with van der Waals surface area (Å²) >= 11 is 0. The molecule has 0 aliphatic rings. The second kappa shape index (κ2) is 16.2. The normalized spacial score (nSPS) is 11.1. The summed E-state index contributed by atoms with van der Waals surface area (Å²) in [5.41, 5.74) is 6.13. The van der Waals surface area contributed by atoms with E-state index in [9.17, 15) is 39.6 Å². The van der Waals surface area contributed by atoms with Crippen LogP contribution in [-0.2, 0) is 32.3 Å². The Hall–Kier alpha value is -6.31. The van der Waals surface area contributed by atoms with Gasteiger partial charge in [0.1, 0.15) is 0 Å². The minimum atomic E-state index is -1.45. The molecule has 0 bridgehead atoms. The molecular formula is C37H29N5O8-4. The molecule has 5 rings (SSSR count). The summed E-state index contributed by atoms with van der Waals surface area (Å²) in [6.45, 7) is -2.77. The van der Waals surface area contributed by atoms with Crippen molar-refractivity contribution in [3.05, 3.63) is 115 Å². The first-order valence-corrected chi connectivity index (χ1v) is 15.4. The molecule has 3 aromatic heterocycles. The number of carbonyl (C=O) groups is 4. The number of carbonyl (C=O) groups excluding carboxylic acids is 4. The maximum absolute atomic E-state index is 11.2. The van der Waals surface area contributed by atoms with Crippen molar-refractivity contribution in [2.45, 2.75) is 13.1 Å². The molecule has 0 saturated heterocycles. The lowest BCUT2D eigenvalue weighted by Crippen LogP contribution is -2.43. The maximum Gasteiger partial charge on any atom is 0.0900 e. The zero-order chi connectivity index (χ0) is 35.6. The van der Waals surface area contributed by atoms with E-state index < -0.39 is 50.1 Å². The van der Waals surface area contributed by atoms with Gasteiger partial charge < -0.3 is 39.6 Å². The van der Waals surface area contributed by atoms with Crippen molar-refractivity contribution in [3.8, 4) is 45.0 Å². The molecule has 2 aromatic carbocycles. The molecule has 0 unspecified atom stereocenters. The van der Waals surface area contributed by atoms with Crippen LogP contribution in [-0.4, -0.2) is 74.8 Å². The van der Waals surface area contributed by atoms with Crippen molar-refractivity contribution < 1.29 is 39.6 Å². The Kier molecular flexibility index (Phi) is 11.3. The summed E-state index contributed by atoms with van der Waals surface area (Å²) in [5.74, 6) is -5.79. The maximum atomic E-state index is 11.2. The number of carboxylic acid groups (broad SMARTS) is 4. The standard InChI is InChI=1S/C37H33N5O8/c43-34(44)20-41(21-35(45)46)18-28-8-4-10-30(38-28)32-16-27(26-14-12-25(13-15-26)24-6-2-1-3-7-24)17-33(40-32)31-11-5-9-29(39-31)19-42(22-36(47)48)23-37(49)50/h1-17H,18-23H2,(H,43,44)(H,45,46)(H,47,48)(H,49,50)/p-4. The Labute approximate surface area is 286 Å². The van der Waals surface area contributed by atoms with Gasteiger partial charge in [0.15, 0.2) is 0 Å². The molecule has 254 valence electrons.